The van der Waals surface area contributed by atoms with Crippen LogP contribution in [0.15, 0.2) is 59.5 Å². The number of hydrogen-bond donors (Lipinski definition) is 0. The molecule has 5 nitrogen and oxygen atoms in total. The predicted molar refractivity (Wildman–Crippen MR) is 97.5 cm³/mol. The van der Waals surface area contributed by atoms with E-state index in [-0.39, 0.29) is 17.7 Å². The van der Waals surface area contributed by atoms with E-state index in [4.69, 9.17) is 9.47 Å². The second kappa shape index (κ2) is 8.00. The molecule has 2 aromatic carbocycles. The molecule has 0 spiro atoms. The van der Waals surface area contributed by atoms with Gasteiger partial charge >= 0.3 is 0 Å². The first-order chi connectivity index (χ1) is 12.2. The van der Waals surface area contributed by atoms with Gasteiger partial charge < -0.3 is 9.47 Å². The minimum absolute atomic E-state index is 0.260. The molecule has 0 radical (unpaired) electrons. The molecule has 0 aliphatic carbocycles. The molecular weight excluding hydrogens is 338 g/mol. The molecule has 0 aromatic heterocycles. The van der Waals surface area contributed by atoms with E-state index >= 15 is 0 Å². The van der Waals surface area contributed by atoms with Crippen LogP contribution in [0, 0.1) is 0 Å². The molecular formula is C19H17NO4S. The van der Waals surface area contributed by atoms with Gasteiger partial charge in [0.1, 0.15) is 11.5 Å². The van der Waals surface area contributed by atoms with E-state index in [1.165, 1.54) is 12.0 Å². The first kappa shape index (κ1) is 17.3. The van der Waals surface area contributed by atoms with Gasteiger partial charge in [-0.25, -0.2) is 0 Å². The Hall–Kier alpha value is -2.57. The number of thioether (sulfide) groups is 1. The number of methoxy groups -OCH3 is 1. The van der Waals surface area contributed by atoms with E-state index in [1.54, 1.807) is 6.08 Å². The van der Waals surface area contributed by atoms with Crippen molar-refractivity contribution in [2.45, 2.75) is 0 Å². The molecule has 1 heterocycles. The van der Waals surface area contributed by atoms with Crippen molar-refractivity contribution in [3.05, 3.63) is 65.1 Å². The quantitative estimate of drug-likeness (QED) is 0.728. The highest BCUT2D eigenvalue weighted by molar-refractivity contribution is 8.18. The van der Waals surface area contributed by atoms with Crippen LogP contribution >= 0.6 is 11.8 Å². The van der Waals surface area contributed by atoms with Gasteiger partial charge in [-0.05, 0) is 47.7 Å². The van der Waals surface area contributed by atoms with Crippen LogP contribution < -0.4 is 4.74 Å². The third-order valence-electron chi connectivity index (χ3n) is 3.53. The summed E-state index contributed by atoms with van der Waals surface area (Å²) in [5, 5.41) is -0.273. The Bertz CT molecular complexity index is 804. The van der Waals surface area contributed by atoms with Crippen LogP contribution in [-0.4, -0.2) is 36.3 Å². The second-order valence-electron chi connectivity index (χ2n) is 5.31. The fraction of sp³-hybridized carbons (Fsp3) is 0.158. The summed E-state index contributed by atoms with van der Waals surface area (Å²) >= 11 is 0.939. The molecule has 1 aliphatic rings. The average molecular weight is 355 g/mol. The van der Waals surface area contributed by atoms with E-state index in [0.717, 1.165) is 23.1 Å². The Kier molecular flexibility index (Phi) is 5.53. The molecule has 2 aromatic rings. The van der Waals surface area contributed by atoms with Crippen LogP contribution in [0.4, 0.5) is 4.79 Å². The summed E-state index contributed by atoms with van der Waals surface area (Å²) in [6.45, 7) is 0.585. The van der Waals surface area contributed by atoms with Crippen molar-refractivity contribution < 1.29 is 19.1 Å². The first-order valence-corrected chi connectivity index (χ1v) is 8.56. The van der Waals surface area contributed by atoms with E-state index in [0.29, 0.717) is 17.3 Å². The smallest absolute Gasteiger partial charge is 0.293 e. The fourth-order valence-electron chi connectivity index (χ4n) is 2.32. The third kappa shape index (κ3) is 4.29. The van der Waals surface area contributed by atoms with E-state index in [2.05, 4.69) is 0 Å². The maximum Gasteiger partial charge on any atom is 0.293 e. The number of amides is 2. The van der Waals surface area contributed by atoms with Gasteiger partial charge in [0.2, 0.25) is 0 Å². The SMILES string of the molecule is COCCN1C(=O)S/C(=C/c2cccc(Oc3ccccc3)c2)C1=O. The van der Waals surface area contributed by atoms with Gasteiger partial charge in [0, 0.05) is 7.11 Å². The minimum Gasteiger partial charge on any atom is -0.457 e. The molecule has 1 fully saturated rings. The monoisotopic (exact) mass is 355 g/mol. The highest BCUT2D eigenvalue weighted by Crippen LogP contribution is 2.32. The van der Waals surface area contributed by atoms with E-state index in [1.807, 2.05) is 54.6 Å². The predicted octanol–water partition coefficient (Wildman–Crippen LogP) is 4.16. The Labute approximate surface area is 150 Å². The standard InChI is InChI=1S/C19H17NO4S/c1-23-11-10-20-18(21)17(25-19(20)22)13-14-6-5-9-16(12-14)24-15-7-3-2-4-8-15/h2-9,12-13H,10-11H2,1H3/b17-13+. The number of carbonyl (C=O) groups is 2. The number of benzene rings is 2. The topological polar surface area (TPSA) is 55.8 Å². The van der Waals surface area contributed by atoms with Gasteiger partial charge in [-0.1, -0.05) is 30.3 Å². The molecule has 1 aliphatic heterocycles. The molecule has 25 heavy (non-hydrogen) atoms. The number of ether oxygens (including phenoxy) is 2. The molecule has 0 unspecified atom stereocenters. The highest BCUT2D eigenvalue weighted by Gasteiger charge is 2.34. The highest BCUT2D eigenvalue weighted by atomic mass is 32.2. The lowest BCUT2D eigenvalue weighted by atomic mass is 10.2. The Balaban J connectivity index is 1.76. The van der Waals surface area contributed by atoms with Crippen LogP contribution in [0.2, 0.25) is 0 Å². The number of nitrogens with zero attached hydrogens (tertiary/aromatic N) is 1. The minimum atomic E-state index is -0.290. The largest absolute Gasteiger partial charge is 0.457 e. The number of para-hydroxylation sites is 1. The van der Waals surface area contributed by atoms with Crippen LogP contribution in [0.25, 0.3) is 6.08 Å². The van der Waals surface area contributed by atoms with Gasteiger partial charge in [-0.2, -0.15) is 0 Å². The summed E-state index contributed by atoms with van der Waals surface area (Å²) < 4.78 is 10.7. The molecule has 0 N–H and O–H groups in total. The number of imide groups is 1. The molecule has 0 bridgehead atoms. The number of rotatable bonds is 6. The van der Waals surface area contributed by atoms with Crippen LogP contribution in [0.5, 0.6) is 11.5 Å². The average Bonchev–Trinajstić information content (AvgIpc) is 2.88. The number of carbonyl (C=O) groups excluding carboxylic acids is 2. The summed E-state index contributed by atoms with van der Waals surface area (Å²) in [5.41, 5.74) is 0.797. The van der Waals surface area contributed by atoms with Crippen molar-refractivity contribution in [2.24, 2.45) is 0 Å². The summed E-state index contributed by atoms with van der Waals surface area (Å²) in [4.78, 5) is 25.9. The zero-order valence-electron chi connectivity index (χ0n) is 13.7. The Morgan fingerprint density at radius 1 is 1.04 bits per heavy atom. The van der Waals surface area contributed by atoms with Crippen molar-refractivity contribution in [1.29, 1.82) is 0 Å². The fourth-order valence-corrected chi connectivity index (χ4v) is 3.18. The second-order valence-corrected chi connectivity index (χ2v) is 6.31. The molecule has 6 heteroatoms. The molecule has 2 amide bonds. The van der Waals surface area contributed by atoms with Crippen LogP contribution in [0.3, 0.4) is 0 Å². The molecule has 128 valence electrons. The molecule has 0 atom stereocenters. The van der Waals surface area contributed by atoms with Gasteiger partial charge in [-0.15, -0.1) is 0 Å². The van der Waals surface area contributed by atoms with Gasteiger partial charge in [-0.3, -0.25) is 14.5 Å². The van der Waals surface area contributed by atoms with Crippen LogP contribution in [-0.2, 0) is 9.53 Å². The lowest BCUT2D eigenvalue weighted by Crippen LogP contribution is -2.31. The van der Waals surface area contributed by atoms with Crippen molar-refractivity contribution in [2.75, 3.05) is 20.3 Å². The normalized spacial score (nSPS) is 15.9. The van der Waals surface area contributed by atoms with Crippen molar-refractivity contribution in [3.8, 4) is 11.5 Å². The van der Waals surface area contributed by atoms with Gasteiger partial charge in [0.15, 0.2) is 0 Å². The first-order valence-electron chi connectivity index (χ1n) is 7.74. The number of hydrogen-bond acceptors (Lipinski definition) is 5. The molecule has 1 saturated heterocycles. The maximum atomic E-state index is 12.3. The summed E-state index contributed by atoms with van der Waals surface area (Å²) in [7, 11) is 1.53. The summed E-state index contributed by atoms with van der Waals surface area (Å²) in [6, 6.07) is 16.8. The van der Waals surface area contributed by atoms with E-state index in [9.17, 15) is 9.59 Å². The maximum absolute atomic E-state index is 12.3. The molecule has 0 saturated carbocycles. The summed E-state index contributed by atoms with van der Waals surface area (Å²) in [5.74, 6) is 1.11. The van der Waals surface area contributed by atoms with Gasteiger partial charge in [0.05, 0.1) is 18.1 Å². The third-order valence-corrected chi connectivity index (χ3v) is 4.43. The zero-order valence-corrected chi connectivity index (χ0v) is 14.5. The van der Waals surface area contributed by atoms with Crippen molar-refractivity contribution in [1.82, 2.24) is 4.90 Å². The van der Waals surface area contributed by atoms with Gasteiger partial charge in [0.25, 0.3) is 11.1 Å². The Morgan fingerprint density at radius 2 is 1.80 bits per heavy atom. The lowest BCUT2D eigenvalue weighted by molar-refractivity contribution is -0.123. The van der Waals surface area contributed by atoms with Crippen molar-refractivity contribution >= 4 is 29.0 Å². The Morgan fingerprint density at radius 3 is 2.56 bits per heavy atom. The zero-order chi connectivity index (χ0) is 17.6. The molecule has 3 rings (SSSR count). The lowest BCUT2D eigenvalue weighted by Gasteiger charge is -2.10. The van der Waals surface area contributed by atoms with Crippen LogP contribution in [0.1, 0.15) is 5.56 Å². The van der Waals surface area contributed by atoms with E-state index < -0.39 is 0 Å². The van der Waals surface area contributed by atoms with Crippen molar-refractivity contribution in [3.63, 3.8) is 0 Å². The summed E-state index contributed by atoms with van der Waals surface area (Å²) in [6.07, 6.45) is 1.70.